The lowest BCUT2D eigenvalue weighted by molar-refractivity contribution is 0.0946. The summed E-state index contributed by atoms with van der Waals surface area (Å²) < 4.78 is 5.89. The molecular formula is C18H20ClN3O2. The molecule has 0 aliphatic carbocycles. The SMILES string of the molecule is O=C(NCCOc1c(Cl)ccc2c1CCNCC2)c1cccnc1. The van der Waals surface area contributed by atoms with Crippen molar-refractivity contribution in [3.8, 4) is 5.75 Å². The molecule has 1 aliphatic heterocycles. The molecule has 2 heterocycles. The normalized spacial score (nSPS) is 13.7. The van der Waals surface area contributed by atoms with Crippen molar-refractivity contribution in [2.24, 2.45) is 0 Å². The van der Waals surface area contributed by atoms with Gasteiger partial charge in [-0.05, 0) is 49.7 Å². The molecule has 0 saturated heterocycles. The van der Waals surface area contributed by atoms with Gasteiger partial charge in [-0.2, -0.15) is 0 Å². The van der Waals surface area contributed by atoms with E-state index in [9.17, 15) is 4.79 Å². The van der Waals surface area contributed by atoms with Gasteiger partial charge in [0.05, 0.1) is 17.1 Å². The number of aromatic nitrogens is 1. The van der Waals surface area contributed by atoms with Crippen LogP contribution in [-0.4, -0.2) is 37.1 Å². The zero-order chi connectivity index (χ0) is 16.8. The highest BCUT2D eigenvalue weighted by atomic mass is 35.5. The first-order valence-corrected chi connectivity index (χ1v) is 8.45. The topological polar surface area (TPSA) is 63.2 Å². The predicted molar refractivity (Wildman–Crippen MR) is 93.8 cm³/mol. The molecule has 0 spiro atoms. The largest absolute Gasteiger partial charge is 0.490 e. The van der Waals surface area contributed by atoms with E-state index in [2.05, 4.69) is 21.7 Å². The average Bonchev–Trinajstić information content (AvgIpc) is 2.86. The van der Waals surface area contributed by atoms with Crippen LogP contribution in [0.3, 0.4) is 0 Å². The Kier molecular flexibility index (Phi) is 5.67. The third-order valence-corrected chi connectivity index (χ3v) is 4.29. The van der Waals surface area contributed by atoms with Crippen molar-refractivity contribution in [3.63, 3.8) is 0 Å². The second kappa shape index (κ2) is 8.13. The second-order valence-electron chi connectivity index (χ2n) is 5.61. The first-order valence-electron chi connectivity index (χ1n) is 8.07. The van der Waals surface area contributed by atoms with Gasteiger partial charge < -0.3 is 15.4 Å². The summed E-state index contributed by atoms with van der Waals surface area (Å²) in [5.74, 6) is 0.586. The molecule has 0 unspecified atom stereocenters. The fraction of sp³-hybridized carbons (Fsp3) is 0.333. The van der Waals surface area contributed by atoms with Crippen molar-refractivity contribution >= 4 is 17.5 Å². The molecule has 1 aromatic carbocycles. The van der Waals surface area contributed by atoms with Crippen molar-refractivity contribution < 1.29 is 9.53 Å². The molecule has 0 saturated carbocycles. The quantitative estimate of drug-likeness (QED) is 0.816. The maximum Gasteiger partial charge on any atom is 0.252 e. The Morgan fingerprint density at radius 2 is 2.17 bits per heavy atom. The van der Waals surface area contributed by atoms with Crippen LogP contribution in [0.2, 0.25) is 5.02 Å². The minimum absolute atomic E-state index is 0.158. The third kappa shape index (κ3) is 4.04. The van der Waals surface area contributed by atoms with Crippen LogP contribution in [0.4, 0.5) is 0 Å². The summed E-state index contributed by atoms with van der Waals surface area (Å²) in [7, 11) is 0. The number of nitrogens with zero attached hydrogens (tertiary/aromatic N) is 1. The molecule has 1 amide bonds. The Labute approximate surface area is 146 Å². The van der Waals surface area contributed by atoms with Gasteiger partial charge in [-0.25, -0.2) is 0 Å². The highest BCUT2D eigenvalue weighted by molar-refractivity contribution is 6.32. The second-order valence-corrected chi connectivity index (χ2v) is 6.02. The van der Waals surface area contributed by atoms with E-state index in [1.165, 1.54) is 17.3 Å². The standard InChI is InChI=1S/C18H20ClN3O2/c19-16-4-3-13-5-8-20-9-6-15(13)17(16)24-11-10-22-18(23)14-2-1-7-21-12-14/h1-4,7,12,20H,5-6,8-11H2,(H,22,23). The molecule has 1 aromatic heterocycles. The summed E-state index contributed by atoms with van der Waals surface area (Å²) in [4.78, 5) is 15.9. The van der Waals surface area contributed by atoms with Crippen molar-refractivity contribution in [2.45, 2.75) is 12.8 Å². The van der Waals surface area contributed by atoms with E-state index < -0.39 is 0 Å². The number of hydrogen-bond donors (Lipinski definition) is 2. The van der Waals surface area contributed by atoms with E-state index in [1.54, 1.807) is 18.3 Å². The van der Waals surface area contributed by atoms with Crippen molar-refractivity contribution in [1.82, 2.24) is 15.6 Å². The molecule has 0 fully saturated rings. The van der Waals surface area contributed by atoms with Gasteiger partial charge in [0.25, 0.3) is 5.91 Å². The van der Waals surface area contributed by atoms with Crippen LogP contribution < -0.4 is 15.4 Å². The summed E-state index contributed by atoms with van der Waals surface area (Å²) in [6.45, 7) is 2.66. The average molecular weight is 346 g/mol. The lowest BCUT2D eigenvalue weighted by atomic mass is 10.0. The molecule has 2 N–H and O–H groups in total. The minimum atomic E-state index is -0.158. The van der Waals surface area contributed by atoms with E-state index >= 15 is 0 Å². The monoisotopic (exact) mass is 345 g/mol. The Bertz CT molecular complexity index is 707. The number of fused-ring (bicyclic) bond motifs is 1. The fourth-order valence-electron chi connectivity index (χ4n) is 2.78. The van der Waals surface area contributed by atoms with Gasteiger partial charge in [-0.1, -0.05) is 17.7 Å². The van der Waals surface area contributed by atoms with Crippen LogP contribution in [0, 0.1) is 0 Å². The molecule has 2 aromatic rings. The van der Waals surface area contributed by atoms with Gasteiger partial charge >= 0.3 is 0 Å². The Balaban J connectivity index is 1.58. The van der Waals surface area contributed by atoms with Crippen LogP contribution in [0.25, 0.3) is 0 Å². The fourth-order valence-corrected chi connectivity index (χ4v) is 3.01. The third-order valence-electron chi connectivity index (χ3n) is 3.99. The number of rotatable bonds is 5. The maximum atomic E-state index is 12.0. The number of ether oxygens (including phenoxy) is 1. The van der Waals surface area contributed by atoms with E-state index in [4.69, 9.17) is 16.3 Å². The van der Waals surface area contributed by atoms with Gasteiger partial charge in [-0.3, -0.25) is 9.78 Å². The summed E-state index contributed by atoms with van der Waals surface area (Å²) in [6.07, 6.45) is 5.04. The molecule has 126 valence electrons. The number of pyridine rings is 1. The van der Waals surface area contributed by atoms with E-state index in [-0.39, 0.29) is 5.91 Å². The zero-order valence-electron chi connectivity index (χ0n) is 13.3. The lowest BCUT2D eigenvalue weighted by Gasteiger charge is -2.15. The highest BCUT2D eigenvalue weighted by Gasteiger charge is 2.16. The number of carbonyl (C=O) groups is 1. The first kappa shape index (κ1) is 16.7. The van der Waals surface area contributed by atoms with Crippen LogP contribution in [-0.2, 0) is 12.8 Å². The maximum absolute atomic E-state index is 12.0. The van der Waals surface area contributed by atoms with Crippen LogP contribution in [0.5, 0.6) is 5.75 Å². The molecule has 1 aliphatic rings. The van der Waals surface area contributed by atoms with E-state index in [1.807, 2.05) is 6.07 Å². The van der Waals surface area contributed by atoms with Crippen LogP contribution in [0.1, 0.15) is 21.5 Å². The number of amides is 1. The van der Waals surface area contributed by atoms with Gasteiger partial charge in [0.15, 0.2) is 0 Å². The number of nitrogens with one attached hydrogen (secondary N) is 2. The summed E-state index contributed by atoms with van der Waals surface area (Å²) >= 11 is 6.31. The molecule has 3 rings (SSSR count). The smallest absolute Gasteiger partial charge is 0.252 e. The van der Waals surface area contributed by atoms with Crippen LogP contribution in [0.15, 0.2) is 36.7 Å². The Morgan fingerprint density at radius 1 is 1.29 bits per heavy atom. The Hall–Kier alpha value is -2.11. The minimum Gasteiger partial charge on any atom is -0.490 e. The number of carbonyl (C=O) groups excluding carboxylic acids is 1. The molecule has 0 atom stereocenters. The number of benzene rings is 1. The zero-order valence-corrected chi connectivity index (χ0v) is 14.1. The van der Waals surface area contributed by atoms with Gasteiger partial charge in [-0.15, -0.1) is 0 Å². The van der Waals surface area contributed by atoms with E-state index in [0.717, 1.165) is 31.7 Å². The molecule has 24 heavy (non-hydrogen) atoms. The predicted octanol–water partition coefficient (Wildman–Crippen LogP) is 2.23. The van der Waals surface area contributed by atoms with Crippen LogP contribution >= 0.6 is 11.6 Å². The summed E-state index contributed by atoms with van der Waals surface area (Å²) in [6, 6.07) is 7.42. The molecule has 0 radical (unpaired) electrons. The van der Waals surface area contributed by atoms with Crippen molar-refractivity contribution in [1.29, 1.82) is 0 Å². The molecule has 6 heteroatoms. The van der Waals surface area contributed by atoms with E-state index in [0.29, 0.717) is 23.7 Å². The molecular weight excluding hydrogens is 326 g/mol. The number of halogens is 1. The van der Waals surface area contributed by atoms with Crippen molar-refractivity contribution in [2.75, 3.05) is 26.2 Å². The summed E-state index contributed by atoms with van der Waals surface area (Å²) in [5, 5.41) is 6.82. The van der Waals surface area contributed by atoms with Gasteiger partial charge in [0.2, 0.25) is 0 Å². The first-order chi connectivity index (χ1) is 11.8. The Morgan fingerprint density at radius 3 is 3.00 bits per heavy atom. The molecule has 0 bridgehead atoms. The highest BCUT2D eigenvalue weighted by Crippen LogP contribution is 2.32. The number of hydrogen-bond acceptors (Lipinski definition) is 4. The van der Waals surface area contributed by atoms with Gasteiger partial charge in [0, 0.05) is 18.0 Å². The summed E-state index contributed by atoms with van der Waals surface area (Å²) in [5.41, 5.74) is 2.99. The lowest BCUT2D eigenvalue weighted by Crippen LogP contribution is -2.28. The molecule has 5 nitrogen and oxygen atoms in total. The van der Waals surface area contributed by atoms with Gasteiger partial charge in [0.1, 0.15) is 12.4 Å². The van der Waals surface area contributed by atoms with Crippen molar-refractivity contribution in [3.05, 3.63) is 58.4 Å².